The van der Waals surface area contributed by atoms with Crippen molar-refractivity contribution in [1.82, 2.24) is 15.4 Å². The van der Waals surface area contributed by atoms with Crippen molar-refractivity contribution in [2.24, 2.45) is 0 Å². The number of H-pyrrole nitrogens is 1. The molecule has 0 spiro atoms. The lowest BCUT2D eigenvalue weighted by Gasteiger charge is -2.04. The highest BCUT2D eigenvalue weighted by Gasteiger charge is 2.02. The monoisotopic (exact) mass is 236 g/mol. The molecule has 0 saturated carbocycles. The molecule has 0 aliphatic rings. The standard InChI is InChI=1S/C9H8N4S2/c14-9(15-8-6-10-13-12-8)11-7-4-2-1-3-5-7/h1-6H,(H,11,14)(H,10,12,13). The van der Waals surface area contributed by atoms with Crippen LogP contribution in [0.5, 0.6) is 0 Å². The number of aromatic nitrogens is 3. The lowest BCUT2D eigenvalue weighted by Crippen LogP contribution is -2.03. The molecule has 1 heterocycles. The fourth-order valence-electron chi connectivity index (χ4n) is 1.00. The summed E-state index contributed by atoms with van der Waals surface area (Å²) in [6.07, 6.45) is 1.63. The molecule has 76 valence electrons. The number of aromatic amines is 1. The Balaban J connectivity index is 1.94. The third kappa shape index (κ3) is 3.03. The van der Waals surface area contributed by atoms with E-state index >= 15 is 0 Å². The van der Waals surface area contributed by atoms with E-state index in [4.69, 9.17) is 12.2 Å². The molecule has 1 aromatic heterocycles. The Labute approximate surface area is 96.5 Å². The van der Waals surface area contributed by atoms with E-state index in [0.717, 1.165) is 10.7 Å². The Bertz CT molecular complexity index is 427. The van der Waals surface area contributed by atoms with Gasteiger partial charge in [0.05, 0.1) is 6.20 Å². The summed E-state index contributed by atoms with van der Waals surface area (Å²) in [6.45, 7) is 0. The first-order chi connectivity index (χ1) is 7.34. The van der Waals surface area contributed by atoms with Crippen LogP contribution in [0.2, 0.25) is 0 Å². The minimum Gasteiger partial charge on any atom is -0.341 e. The number of hydrogen-bond acceptors (Lipinski definition) is 4. The first-order valence-corrected chi connectivity index (χ1v) is 5.47. The van der Waals surface area contributed by atoms with Gasteiger partial charge in [0, 0.05) is 5.69 Å². The van der Waals surface area contributed by atoms with Crippen LogP contribution in [0, 0.1) is 0 Å². The summed E-state index contributed by atoms with van der Waals surface area (Å²) in [5.41, 5.74) is 0.971. The van der Waals surface area contributed by atoms with Gasteiger partial charge in [-0.25, -0.2) is 0 Å². The van der Waals surface area contributed by atoms with Crippen molar-refractivity contribution in [2.45, 2.75) is 5.03 Å². The normalized spacial score (nSPS) is 9.87. The molecule has 2 N–H and O–H groups in total. The van der Waals surface area contributed by atoms with Crippen molar-refractivity contribution < 1.29 is 0 Å². The summed E-state index contributed by atoms with van der Waals surface area (Å²) >= 11 is 6.51. The molecule has 2 aromatic rings. The number of nitrogens with zero attached hydrogens (tertiary/aromatic N) is 2. The van der Waals surface area contributed by atoms with Crippen molar-refractivity contribution >= 4 is 34.0 Å². The Hall–Kier alpha value is -1.40. The van der Waals surface area contributed by atoms with E-state index in [-0.39, 0.29) is 0 Å². The molecular weight excluding hydrogens is 228 g/mol. The van der Waals surface area contributed by atoms with Gasteiger partial charge < -0.3 is 5.32 Å². The van der Waals surface area contributed by atoms with E-state index < -0.39 is 0 Å². The van der Waals surface area contributed by atoms with Crippen molar-refractivity contribution in [3.05, 3.63) is 36.5 Å². The summed E-state index contributed by atoms with van der Waals surface area (Å²) in [5.74, 6) is 0. The number of rotatable bonds is 2. The van der Waals surface area contributed by atoms with Crippen LogP contribution in [0.4, 0.5) is 5.69 Å². The quantitative estimate of drug-likeness (QED) is 0.619. The summed E-state index contributed by atoms with van der Waals surface area (Å²) in [5, 5.41) is 14.0. The Morgan fingerprint density at radius 1 is 1.33 bits per heavy atom. The molecule has 0 saturated heterocycles. The minimum absolute atomic E-state index is 0.648. The van der Waals surface area contributed by atoms with Crippen LogP contribution in [0.25, 0.3) is 0 Å². The Kier molecular flexibility index (Phi) is 3.31. The lowest BCUT2D eigenvalue weighted by molar-refractivity contribution is 0.912. The molecule has 0 atom stereocenters. The lowest BCUT2D eigenvalue weighted by atomic mass is 10.3. The zero-order valence-corrected chi connectivity index (χ0v) is 9.31. The van der Waals surface area contributed by atoms with Gasteiger partial charge in [0.1, 0.15) is 9.35 Å². The first-order valence-electron chi connectivity index (χ1n) is 4.24. The van der Waals surface area contributed by atoms with Gasteiger partial charge in [-0.3, -0.25) is 0 Å². The van der Waals surface area contributed by atoms with Gasteiger partial charge in [0.2, 0.25) is 0 Å². The van der Waals surface area contributed by atoms with E-state index in [1.54, 1.807) is 6.20 Å². The highest BCUT2D eigenvalue weighted by Crippen LogP contribution is 2.17. The topological polar surface area (TPSA) is 53.6 Å². The summed E-state index contributed by atoms with van der Waals surface area (Å²) in [6, 6.07) is 9.77. The molecule has 2 rings (SSSR count). The average Bonchev–Trinajstić information content (AvgIpc) is 2.71. The van der Waals surface area contributed by atoms with Gasteiger partial charge in [0.25, 0.3) is 0 Å². The molecule has 0 aliphatic heterocycles. The third-order valence-electron chi connectivity index (χ3n) is 1.61. The summed E-state index contributed by atoms with van der Waals surface area (Å²) < 4.78 is 0.648. The van der Waals surface area contributed by atoms with Crippen molar-refractivity contribution in [3.63, 3.8) is 0 Å². The van der Waals surface area contributed by atoms with E-state index in [1.165, 1.54) is 11.8 Å². The second-order valence-electron chi connectivity index (χ2n) is 2.69. The zero-order chi connectivity index (χ0) is 10.5. The molecule has 0 fully saturated rings. The molecule has 0 radical (unpaired) electrons. The van der Waals surface area contributed by atoms with Gasteiger partial charge in [0.15, 0.2) is 0 Å². The third-order valence-corrected chi connectivity index (χ3v) is 2.66. The number of thiocarbonyl (C=S) groups is 1. The average molecular weight is 236 g/mol. The van der Waals surface area contributed by atoms with Gasteiger partial charge in [-0.15, -0.1) is 5.10 Å². The van der Waals surface area contributed by atoms with Gasteiger partial charge >= 0.3 is 0 Å². The van der Waals surface area contributed by atoms with E-state index in [2.05, 4.69) is 20.7 Å². The van der Waals surface area contributed by atoms with Crippen LogP contribution in [-0.2, 0) is 0 Å². The maximum absolute atomic E-state index is 5.15. The molecular formula is C9H8N4S2. The molecule has 15 heavy (non-hydrogen) atoms. The number of anilines is 1. The highest BCUT2D eigenvalue weighted by atomic mass is 32.2. The van der Waals surface area contributed by atoms with Crippen LogP contribution < -0.4 is 5.32 Å². The van der Waals surface area contributed by atoms with E-state index in [1.807, 2.05) is 30.3 Å². The first kappa shape index (κ1) is 10.1. The van der Waals surface area contributed by atoms with Gasteiger partial charge in [-0.2, -0.15) is 10.3 Å². The smallest absolute Gasteiger partial charge is 0.145 e. The fourth-order valence-corrected chi connectivity index (χ4v) is 1.92. The second kappa shape index (κ2) is 4.90. The summed E-state index contributed by atoms with van der Waals surface area (Å²) in [7, 11) is 0. The molecule has 0 aliphatic carbocycles. The van der Waals surface area contributed by atoms with E-state index in [0.29, 0.717) is 4.32 Å². The number of para-hydroxylation sites is 1. The molecule has 6 heteroatoms. The molecule has 0 amide bonds. The van der Waals surface area contributed by atoms with Gasteiger partial charge in [-0.05, 0) is 23.9 Å². The summed E-state index contributed by atoms with van der Waals surface area (Å²) in [4.78, 5) is 0. The maximum Gasteiger partial charge on any atom is 0.145 e. The Morgan fingerprint density at radius 3 is 2.80 bits per heavy atom. The predicted octanol–water partition coefficient (Wildman–Crippen LogP) is 2.29. The van der Waals surface area contributed by atoms with E-state index in [9.17, 15) is 0 Å². The highest BCUT2D eigenvalue weighted by molar-refractivity contribution is 8.23. The van der Waals surface area contributed by atoms with Gasteiger partial charge in [-0.1, -0.05) is 30.4 Å². The van der Waals surface area contributed by atoms with Crippen molar-refractivity contribution in [1.29, 1.82) is 0 Å². The largest absolute Gasteiger partial charge is 0.341 e. The van der Waals surface area contributed by atoms with Crippen molar-refractivity contribution in [2.75, 3.05) is 5.32 Å². The van der Waals surface area contributed by atoms with Crippen LogP contribution in [0.15, 0.2) is 41.6 Å². The van der Waals surface area contributed by atoms with Crippen LogP contribution in [0.1, 0.15) is 0 Å². The predicted molar refractivity (Wildman–Crippen MR) is 64.9 cm³/mol. The number of hydrogen-bond donors (Lipinski definition) is 2. The Morgan fingerprint density at radius 2 is 2.13 bits per heavy atom. The number of nitrogens with one attached hydrogen (secondary N) is 2. The number of thioether (sulfide) groups is 1. The zero-order valence-electron chi connectivity index (χ0n) is 7.68. The fraction of sp³-hybridized carbons (Fsp3) is 0. The minimum atomic E-state index is 0.648. The van der Waals surface area contributed by atoms with Crippen LogP contribution >= 0.6 is 24.0 Å². The molecule has 0 bridgehead atoms. The molecule has 0 unspecified atom stereocenters. The molecule has 1 aromatic carbocycles. The van der Waals surface area contributed by atoms with Crippen LogP contribution in [0.3, 0.4) is 0 Å². The van der Waals surface area contributed by atoms with Crippen molar-refractivity contribution in [3.8, 4) is 0 Å². The van der Waals surface area contributed by atoms with Crippen LogP contribution in [-0.4, -0.2) is 19.7 Å². The maximum atomic E-state index is 5.15. The number of benzene rings is 1. The molecule has 4 nitrogen and oxygen atoms in total. The second-order valence-corrected chi connectivity index (χ2v) is 4.39. The SMILES string of the molecule is S=C(Nc1ccccc1)Sc1cn[nH]n1.